The summed E-state index contributed by atoms with van der Waals surface area (Å²) in [7, 11) is 0. The number of ether oxygens (including phenoxy) is 1. The highest BCUT2D eigenvalue weighted by atomic mass is 19.1. The highest BCUT2D eigenvalue weighted by Gasteiger charge is 2.10. The number of likely N-dealkylation sites (N-methyl/N-ethyl adjacent to an activating group) is 1. The minimum absolute atomic E-state index is 0.0178. The molecule has 0 aliphatic rings. The lowest BCUT2D eigenvalue weighted by Crippen LogP contribution is -2.28. The molecule has 0 aromatic heterocycles. The maximum absolute atomic E-state index is 13.3. The summed E-state index contributed by atoms with van der Waals surface area (Å²) < 4.78 is 18.6. The van der Waals surface area contributed by atoms with E-state index in [4.69, 9.17) is 15.6 Å². The minimum Gasteiger partial charge on any atom is -0.397 e. The summed E-state index contributed by atoms with van der Waals surface area (Å²) >= 11 is 0. The molecule has 0 aliphatic heterocycles. The van der Waals surface area contributed by atoms with Crippen molar-refractivity contribution in [3.8, 4) is 0 Å². The summed E-state index contributed by atoms with van der Waals surface area (Å²) in [6, 6.07) is 3.10. The summed E-state index contributed by atoms with van der Waals surface area (Å²) in [4.78, 5) is 2.03. The third kappa shape index (κ3) is 3.85. The standard InChI is InChI=1S/C13H21FN2O2/c1-3-16(4-6-18-7-5-17)13-8-10(2)11(14)9-12(13)15/h8-9,17H,3-7,15H2,1-2H3. The highest BCUT2D eigenvalue weighted by molar-refractivity contribution is 5.68. The molecule has 4 nitrogen and oxygen atoms in total. The molecule has 0 atom stereocenters. The number of benzene rings is 1. The van der Waals surface area contributed by atoms with Crippen LogP contribution in [0.1, 0.15) is 12.5 Å². The Kier molecular flexibility index (Phi) is 5.88. The van der Waals surface area contributed by atoms with E-state index < -0.39 is 0 Å². The SMILES string of the molecule is CCN(CCOCCO)c1cc(C)c(F)cc1N. The molecule has 102 valence electrons. The van der Waals surface area contributed by atoms with E-state index in [2.05, 4.69) is 0 Å². The number of nitrogen functional groups attached to an aromatic ring is 1. The summed E-state index contributed by atoms with van der Waals surface area (Å²) in [6.45, 7) is 5.99. The Morgan fingerprint density at radius 3 is 2.72 bits per heavy atom. The van der Waals surface area contributed by atoms with Crippen LogP contribution in [0, 0.1) is 12.7 Å². The second-order valence-corrected chi connectivity index (χ2v) is 4.08. The van der Waals surface area contributed by atoms with Crippen molar-refractivity contribution in [1.82, 2.24) is 0 Å². The third-order valence-electron chi connectivity index (χ3n) is 2.77. The van der Waals surface area contributed by atoms with Gasteiger partial charge in [0.1, 0.15) is 5.82 Å². The van der Waals surface area contributed by atoms with Crippen LogP contribution in [0.2, 0.25) is 0 Å². The molecule has 18 heavy (non-hydrogen) atoms. The molecule has 3 N–H and O–H groups in total. The number of aryl methyl sites for hydroxylation is 1. The number of aliphatic hydroxyl groups is 1. The van der Waals surface area contributed by atoms with Gasteiger partial charge in [-0.2, -0.15) is 0 Å². The van der Waals surface area contributed by atoms with E-state index in [1.807, 2.05) is 11.8 Å². The van der Waals surface area contributed by atoms with Gasteiger partial charge in [0, 0.05) is 13.1 Å². The number of rotatable bonds is 7. The maximum atomic E-state index is 13.3. The predicted molar refractivity (Wildman–Crippen MR) is 71.3 cm³/mol. The van der Waals surface area contributed by atoms with Gasteiger partial charge in [0.15, 0.2) is 0 Å². The van der Waals surface area contributed by atoms with Crippen molar-refractivity contribution < 1.29 is 14.2 Å². The van der Waals surface area contributed by atoms with Crippen LogP contribution in [0.4, 0.5) is 15.8 Å². The second-order valence-electron chi connectivity index (χ2n) is 4.08. The van der Waals surface area contributed by atoms with E-state index in [1.54, 1.807) is 13.0 Å². The van der Waals surface area contributed by atoms with Crippen LogP contribution in [0.25, 0.3) is 0 Å². The van der Waals surface area contributed by atoms with E-state index in [0.29, 0.717) is 31.0 Å². The van der Waals surface area contributed by atoms with Crippen molar-refractivity contribution in [2.45, 2.75) is 13.8 Å². The van der Waals surface area contributed by atoms with Crippen LogP contribution in [-0.2, 0) is 4.74 Å². The molecule has 0 fully saturated rings. The molecule has 0 spiro atoms. The van der Waals surface area contributed by atoms with Crippen LogP contribution in [0.15, 0.2) is 12.1 Å². The zero-order chi connectivity index (χ0) is 13.5. The maximum Gasteiger partial charge on any atom is 0.128 e. The Balaban J connectivity index is 2.72. The molecule has 0 radical (unpaired) electrons. The molecular formula is C13H21FN2O2. The van der Waals surface area contributed by atoms with Crippen LogP contribution in [0.3, 0.4) is 0 Å². The molecule has 1 aromatic rings. The fourth-order valence-corrected chi connectivity index (χ4v) is 1.75. The van der Waals surface area contributed by atoms with Crippen LogP contribution in [-0.4, -0.2) is 38.0 Å². The molecular weight excluding hydrogens is 235 g/mol. The fourth-order valence-electron chi connectivity index (χ4n) is 1.75. The van der Waals surface area contributed by atoms with Crippen molar-refractivity contribution in [2.75, 3.05) is 43.5 Å². The third-order valence-corrected chi connectivity index (χ3v) is 2.77. The number of halogens is 1. The Morgan fingerprint density at radius 2 is 2.11 bits per heavy atom. The first kappa shape index (κ1) is 14.7. The summed E-state index contributed by atoms with van der Waals surface area (Å²) in [5, 5.41) is 8.62. The second kappa shape index (κ2) is 7.18. The Hall–Kier alpha value is -1.33. The largest absolute Gasteiger partial charge is 0.397 e. The average Bonchev–Trinajstić information content (AvgIpc) is 2.35. The summed E-state index contributed by atoms with van der Waals surface area (Å²) in [6.07, 6.45) is 0. The molecule has 1 aromatic carbocycles. The Bertz CT molecular complexity index is 385. The van der Waals surface area contributed by atoms with Gasteiger partial charge in [-0.1, -0.05) is 0 Å². The van der Waals surface area contributed by atoms with Crippen molar-refractivity contribution in [3.05, 3.63) is 23.5 Å². The number of nitrogens with two attached hydrogens (primary N) is 1. The van der Waals surface area contributed by atoms with Crippen LogP contribution < -0.4 is 10.6 Å². The molecule has 0 amide bonds. The number of hydrogen-bond donors (Lipinski definition) is 2. The zero-order valence-corrected chi connectivity index (χ0v) is 10.9. The van der Waals surface area contributed by atoms with Crippen LogP contribution in [0.5, 0.6) is 0 Å². The average molecular weight is 256 g/mol. The molecule has 0 saturated carbocycles. The van der Waals surface area contributed by atoms with Gasteiger partial charge >= 0.3 is 0 Å². The fraction of sp³-hybridized carbons (Fsp3) is 0.538. The number of hydrogen-bond acceptors (Lipinski definition) is 4. The predicted octanol–water partition coefficient (Wildman–Crippen LogP) is 1.55. The highest BCUT2D eigenvalue weighted by Crippen LogP contribution is 2.26. The molecule has 0 aliphatic carbocycles. The van der Waals surface area contributed by atoms with E-state index in [-0.39, 0.29) is 12.4 Å². The van der Waals surface area contributed by atoms with E-state index in [9.17, 15) is 4.39 Å². The lowest BCUT2D eigenvalue weighted by atomic mass is 10.1. The van der Waals surface area contributed by atoms with Crippen molar-refractivity contribution in [1.29, 1.82) is 0 Å². The number of anilines is 2. The zero-order valence-electron chi connectivity index (χ0n) is 10.9. The van der Waals surface area contributed by atoms with Gasteiger partial charge in [-0.15, -0.1) is 0 Å². The Labute approximate surface area is 107 Å². The first-order chi connectivity index (χ1) is 8.60. The molecule has 5 heteroatoms. The van der Waals surface area contributed by atoms with E-state index in [1.165, 1.54) is 6.07 Å². The van der Waals surface area contributed by atoms with Gasteiger partial charge < -0.3 is 20.5 Å². The van der Waals surface area contributed by atoms with Gasteiger partial charge in [0.2, 0.25) is 0 Å². The lowest BCUT2D eigenvalue weighted by molar-refractivity contribution is 0.0967. The molecule has 0 bridgehead atoms. The van der Waals surface area contributed by atoms with Gasteiger partial charge in [-0.05, 0) is 31.5 Å². The van der Waals surface area contributed by atoms with Crippen molar-refractivity contribution in [2.24, 2.45) is 0 Å². The number of aliphatic hydroxyl groups excluding tert-OH is 1. The smallest absolute Gasteiger partial charge is 0.128 e. The minimum atomic E-state index is -0.288. The summed E-state index contributed by atoms with van der Waals surface area (Å²) in [5.74, 6) is -0.288. The topological polar surface area (TPSA) is 58.7 Å². The van der Waals surface area contributed by atoms with Crippen molar-refractivity contribution >= 4 is 11.4 Å². The van der Waals surface area contributed by atoms with Gasteiger partial charge in [0.25, 0.3) is 0 Å². The van der Waals surface area contributed by atoms with Crippen molar-refractivity contribution in [3.63, 3.8) is 0 Å². The van der Waals surface area contributed by atoms with E-state index >= 15 is 0 Å². The summed E-state index contributed by atoms with van der Waals surface area (Å²) in [5.41, 5.74) is 7.67. The normalized spacial score (nSPS) is 10.7. The van der Waals surface area contributed by atoms with E-state index in [0.717, 1.165) is 12.2 Å². The molecule has 1 rings (SSSR count). The quantitative estimate of drug-likeness (QED) is 0.574. The first-order valence-electron chi connectivity index (χ1n) is 6.09. The monoisotopic (exact) mass is 256 g/mol. The molecule has 0 saturated heterocycles. The lowest BCUT2D eigenvalue weighted by Gasteiger charge is -2.25. The van der Waals surface area contributed by atoms with Gasteiger partial charge in [0.05, 0.1) is 31.2 Å². The molecule has 0 heterocycles. The van der Waals surface area contributed by atoms with Crippen LogP contribution >= 0.6 is 0 Å². The number of nitrogens with zero attached hydrogens (tertiary/aromatic N) is 1. The molecule has 0 unspecified atom stereocenters. The Morgan fingerprint density at radius 1 is 1.39 bits per heavy atom. The van der Waals surface area contributed by atoms with Gasteiger partial charge in [-0.3, -0.25) is 0 Å². The first-order valence-corrected chi connectivity index (χ1v) is 6.09. The van der Waals surface area contributed by atoms with Gasteiger partial charge in [-0.25, -0.2) is 4.39 Å².